The summed E-state index contributed by atoms with van der Waals surface area (Å²) in [5.41, 5.74) is 0.368. The molecule has 5 rings (SSSR count). The van der Waals surface area contributed by atoms with E-state index in [1.165, 1.54) is 18.3 Å². The van der Waals surface area contributed by atoms with Gasteiger partial charge in [-0.25, -0.2) is 9.37 Å². The minimum absolute atomic E-state index is 0.0582. The molecule has 1 aromatic carbocycles. The van der Waals surface area contributed by atoms with Crippen molar-refractivity contribution < 1.29 is 14.3 Å². The lowest BCUT2D eigenvalue weighted by Gasteiger charge is -2.31. The second-order valence-corrected chi connectivity index (χ2v) is 7.26. The Morgan fingerprint density at radius 1 is 1.20 bits per heavy atom. The predicted octanol–water partition coefficient (Wildman–Crippen LogP) is 2.10. The fourth-order valence-corrected chi connectivity index (χ4v) is 3.71. The first-order valence-corrected chi connectivity index (χ1v) is 9.21. The number of aliphatic hydroxyl groups is 1. The summed E-state index contributed by atoms with van der Waals surface area (Å²) < 4.78 is 16.6. The van der Waals surface area contributed by atoms with Crippen molar-refractivity contribution in [3.8, 4) is 11.1 Å². The molecular weight excluding hydrogens is 384 g/mol. The van der Waals surface area contributed by atoms with Crippen LogP contribution in [0.15, 0.2) is 55.0 Å². The number of carbonyl (C=O) groups excluding carboxylic acids is 1. The van der Waals surface area contributed by atoms with Crippen LogP contribution < -0.4 is 0 Å². The number of fused-ring (bicyclic) bond motifs is 2. The van der Waals surface area contributed by atoms with Gasteiger partial charge in [-0.2, -0.15) is 5.10 Å². The normalized spacial score (nSPS) is 18.2. The van der Waals surface area contributed by atoms with Crippen molar-refractivity contribution in [2.75, 3.05) is 0 Å². The Morgan fingerprint density at radius 2 is 2.03 bits per heavy atom. The van der Waals surface area contributed by atoms with Gasteiger partial charge in [0.1, 0.15) is 11.4 Å². The third-order valence-corrected chi connectivity index (χ3v) is 5.23. The van der Waals surface area contributed by atoms with Gasteiger partial charge in [0.05, 0.1) is 17.8 Å². The van der Waals surface area contributed by atoms with Gasteiger partial charge in [0.25, 0.3) is 5.91 Å². The van der Waals surface area contributed by atoms with Crippen molar-refractivity contribution in [3.63, 3.8) is 0 Å². The Bertz CT molecular complexity index is 1320. The van der Waals surface area contributed by atoms with Gasteiger partial charge in [-0.1, -0.05) is 12.1 Å². The van der Waals surface area contributed by atoms with Crippen LogP contribution in [0.2, 0.25) is 0 Å². The van der Waals surface area contributed by atoms with Crippen LogP contribution in [0.3, 0.4) is 0 Å². The number of pyridine rings is 2. The molecule has 1 atom stereocenters. The molecule has 4 heterocycles. The Labute approximate surface area is 172 Å². The Balaban J connectivity index is 1.46. The first-order valence-electron chi connectivity index (χ1n) is 9.21. The Kier molecular flexibility index (Phi) is 3.97. The van der Waals surface area contributed by atoms with Crippen molar-refractivity contribution in [2.45, 2.75) is 12.2 Å². The summed E-state index contributed by atoms with van der Waals surface area (Å²) in [6, 6.07) is 9.67. The number of aromatic nitrogens is 4. The third-order valence-electron chi connectivity index (χ3n) is 5.23. The van der Waals surface area contributed by atoms with Crippen molar-refractivity contribution in [1.82, 2.24) is 24.6 Å². The molecule has 1 amide bonds. The van der Waals surface area contributed by atoms with Gasteiger partial charge >= 0.3 is 0 Å². The summed E-state index contributed by atoms with van der Waals surface area (Å²) in [6.45, 7) is -0.200. The van der Waals surface area contributed by atoms with Gasteiger partial charge in [0.15, 0.2) is 13.5 Å². The summed E-state index contributed by atoms with van der Waals surface area (Å²) in [5, 5.41) is 15.7. The van der Waals surface area contributed by atoms with Crippen molar-refractivity contribution >= 4 is 24.8 Å². The van der Waals surface area contributed by atoms with Gasteiger partial charge < -0.3 is 10.0 Å². The van der Waals surface area contributed by atoms with E-state index in [4.69, 9.17) is 7.85 Å². The second-order valence-electron chi connectivity index (χ2n) is 7.26. The quantitative estimate of drug-likeness (QED) is 0.534. The molecule has 9 heteroatoms. The van der Waals surface area contributed by atoms with Crippen molar-refractivity contribution in [3.05, 3.63) is 77.6 Å². The Hall–Kier alpha value is -3.59. The smallest absolute Gasteiger partial charge is 0.258 e. The lowest BCUT2D eigenvalue weighted by Crippen LogP contribution is -2.44. The number of carbonyl (C=O) groups is 1. The molecule has 1 unspecified atom stereocenters. The maximum atomic E-state index is 14.9. The molecule has 1 aliphatic heterocycles. The number of halogens is 1. The number of hydrogen-bond acceptors (Lipinski definition) is 5. The van der Waals surface area contributed by atoms with Gasteiger partial charge in [0.2, 0.25) is 0 Å². The molecule has 7 nitrogen and oxygen atoms in total. The number of nitrogens with zero attached hydrogens (tertiary/aromatic N) is 5. The zero-order valence-corrected chi connectivity index (χ0v) is 16.0. The summed E-state index contributed by atoms with van der Waals surface area (Å²) in [6.07, 6.45) is 4.91. The zero-order valence-electron chi connectivity index (χ0n) is 16.0. The van der Waals surface area contributed by atoms with E-state index in [0.29, 0.717) is 11.2 Å². The van der Waals surface area contributed by atoms with E-state index in [0.717, 1.165) is 15.8 Å². The molecular formula is C21H15BFN5O2. The zero-order chi connectivity index (χ0) is 21.0. The van der Waals surface area contributed by atoms with E-state index in [-0.39, 0.29) is 23.4 Å². The van der Waals surface area contributed by atoms with E-state index in [9.17, 15) is 14.3 Å². The van der Waals surface area contributed by atoms with Crippen LogP contribution in [0.4, 0.5) is 4.39 Å². The molecule has 2 radical (unpaired) electrons. The maximum Gasteiger partial charge on any atom is 0.258 e. The molecule has 4 aromatic rings. The fraction of sp³-hybridized carbons (Fsp3) is 0.143. The van der Waals surface area contributed by atoms with Gasteiger partial charge in [-0.15, -0.1) is 0 Å². The van der Waals surface area contributed by atoms with Crippen LogP contribution >= 0.6 is 0 Å². The minimum Gasteiger partial charge on any atom is -0.374 e. The summed E-state index contributed by atoms with van der Waals surface area (Å²) in [4.78, 5) is 22.0. The standard InChI is InChI=1S/C21H15BFN5O2/c1-27-10-15-7-14(9-25-19(15)26-27)12-4-5-13(17(23)8-12)11-28-20(29)16-3-2-6-24-18(16)21(28,22)30/h2-10,30H,11H2,1H3. The summed E-state index contributed by atoms with van der Waals surface area (Å²) in [7, 11) is 7.76. The van der Waals surface area contributed by atoms with Crippen molar-refractivity contribution in [2.24, 2.45) is 7.05 Å². The van der Waals surface area contributed by atoms with Crippen LogP contribution in [0.5, 0.6) is 0 Å². The van der Waals surface area contributed by atoms with E-state index in [2.05, 4.69) is 15.1 Å². The topological polar surface area (TPSA) is 84.1 Å². The van der Waals surface area contributed by atoms with Gasteiger partial charge in [0, 0.05) is 42.2 Å². The highest BCUT2D eigenvalue weighted by Crippen LogP contribution is 2.35. The lowest BCUT2D eigenvalue weighted by molar-refractivity contribution is -0.0227. The summed E-state index contributed by atoms with van der Waals surface area (Å²) in [5.74, 6) is -1.02. The molecule has 0 saturated heterocycles. The highest BCUT2D eigenvalue weighted by Gasteiger charge is 2.45. The van der Waals surface area contributed by atoms with Gasteiger partial charge in [-0.3, -0.25) is 14.5 Å². The molecule has 0 bridgehead atoms. The number of rotatable bonds is 3. The average molecular weight is 399 g/mol. The average Bonchev–Trinajstić information content (AvgIpc) is 3.19. The number of amides is 1. The second kappa shape index (κ2) is 6.46. The van der Waals surface area contributed by atoms with Crippen LogP contribution in [0.1, 0.15) is 21.6 Å². The number of aryl methyl sites for hydroxylation is 1. The van der Waals surface area contributed by atoms with Crippen molar-refractivity contribution in [1.29, 1.82) is 0 Å². The van der Waals surface area contributed by atoms with E-state index in [1.54, 1.807) is 29.1 Å². The lowest BCUT2D eigenvalue weighted by atomic mass is 9.87. The molecule has 0 aliphatic carbocycles. The molecule has 1 aliphatic rings. The molecule has 3 aromatic heterocycles. The van der Waals surface area contributed by atoms with Crippen LogP contribution in [-0.4, -0.2) is 43.5 Å². The maximum absolute atomic E-state index is 14.9. The molecule has 0 spiro atoms. The third kappa shape index (κ3) is 2.78. The number of benzene rings is 1. The molecule has 0 fully saturated rings. The van der Waals surface area contributed by atoms with E-state index >= 15 is 0 Å². The molecule has 0 saturated carbocycles. The van der Waals surface area contributed by atoms with Crippen LogP contribution in [-0.2, 0) is 19.2 Å². The fourth-order valence-electron chi connectivity index (χ4n) is 3.71. The molecule has 146 valence electrons. The van der Waals surface area contributed by atoms with Gasteiger partial charge in [-0.05, 0) is 29.8 Å². The van der Waals surface area contributed by atoms with E-state index in [1.807, 2.05) is 19.3 Å². The SMILES string of the molecule is [B]C1(O)c2ncccc2C(=O)N1Cc1ccc(-c2cnc3nn(C)cc3c2)cc1F. The first kappa shape index (κ1) is 18.4. The Morgan fingerprint density at radius 3 is 2.80 bits per heavy atom. The molecule has 30 heavy (non-hydrogen) atoms. The van der Waals surface area contributed by atoms with Crippen LogP contribution in [0, 0.1) is 5.82 Å². The minimum atomic E-state index is -2.10. The highest BCUT2D eigenvalue weighted by molar-refractivity contribution is 6.19. The van der Waals surface area contributed by atoms with Crippen LogP contribution in [0.25, 0.3) is 22.2 Å². The first-order chi connectivity index (χ1) is 14.3. The predicted molar refractivity (Wildman–Crippen MR) is 108 cm³/mol. The monoisotopic (exact) mass is 399 g/mol. The highest BCUT2D eigenvalue weighted by atomic mass is 19.1. The van der Waals surface area contributed by atoms with E-state index < -0.39 is 17.3 Å². The largest absolute Gasteiger partial charge is 0.374 e. The summed E-state index contributed by atoms with van der Waals surface area (Å²) >= 11 is 0. The molecule has 1 N–H and O–H groups in total. The number of hydrogen-bond donors (Lipinski definition) is 1.